The average molecular weight is 250 g/mol. The van der Waals surface area contributed by atoms with Gasteiger partial charge in [-0.2, -0.15) is 0 Å². The average Bonchev–Trinajstić information content (AvgIpc) is 2.17. The number of hydrogen-bond acceptors (Lipinski definition) is 3. The number of esters is 1. The van der Waals surface area contributed by atoms with Gasteiger partial charge in [-0.05, 0) is 12.1 Å². The molecule has 0 bridgehead atoms. The van der Waals surface area contributed by atoms with Crippen molar-refractivity contribution in [2.45, 2.75) is 27.1 Å². The van der Waals surface area contributed by atoms with Crippen molar-refractivity contribution in [1.82, 2.24) is 0 Å². The molecule has 1 rings (SSSR count). The highest BCUT2D eigenvalue weighted by molar-refractivity contribution is 5.69. The standard InChI is InChI=1S/C9H7F3O3.C2H6/c1-6(13)14-7-3-2-4-8(5-7)15-9(10,11)12;1-2/h2-5H,1H3;1-2H3. The predicted molar refractivity (Wildman–Crippen MR) is 55.8 cm³/mol. The number of alkyl halides is 3. The Bertz CT molecular complexity index is 361. The maximum absolute atomic E-state index is 11.8. The number of ether oxygens (including phenoxy) is 2. The van der Waals surface area contributed by atoms with Gasteiger partial charge < -0.3 is 9.47 Å². The first kappa shape index (κ1) is 15.3. The van der Waals surface area contributed by atoms with Crippen LogP contribution in [0.1, 0.15) is 20.8 Å². The molecule has 0 unspecified atom stereocenters. The van der Waals surface area contributed by atoms with Crippen LogP contribution in [0.5, 0.6) is 11.5 Å². The van der Waals surface area contributed by atoms with Gasteiger partial charge in [0.2, 0.25) is 0 Å². The van der Waals surface area contributed by atoms with Crippen LogP contribution in [0.15, 0.2) is 24.3 Å². The molecule has 0 aliphatic heterocycles. The summed E-state index contributed by atoms with van der Waals surface area (Å²) in [6, 6.07) is 4.74. The third-order valence-corrected chi connectivity index (χ3v) is 1.30. The van der Waals surface area contributed by atoms with E-state index in [1.165, 1.54) is 12.1 Å². The lowest BCUT2D eigenvalue weighted by Crippen LogP contribution is -2.17. The minimum atomic E-state index is -4.76. The van der Waals surface area contributed by atoms with Crippen LogP contribution in [-0.2, 0) is 4.79 Å². The van der Waals surface area contributed by atoms with E-state index in [2.05, 4.69) is 9.47 Å². The summed E-state index contributed by atoms with van der Waals surface area (Å²) < 4.78 is 43.6. The summed E-state index contributed by atoms with van der Waals surface area (Å²) in [5.41, 5.74) is 0. The zero-order chi connectivity index (χ0) is 13.5. The fraction of sp³-hybridized carbons (Fsp3) is 0.364. The normalized spacial score (nSPS) is 10.0. The molecule has 3 nitrogen and oxygen atoms in total. The first-order chi connectivity index (χ1) is 7.87. The van der Waals surface area contributed by atoms with Crippen LogP contribution in [-0.4, -0.2) is 12.3 Å². The second-order valence-corrected chi connectivity index (χ2v) is 2.62. The van der Waals surface area contributed by atoms with Crippen LogP contribution in [0.2, 0.25) is 0 Å². The van der Waals surface area contributed by atoms with E-state index in [9.17, 15) is 18.0 Å². The minimum Gasteiger partial charge on any atom is -0.427 e. The molecule has 0 saturated carbocycles. The molecular weight excluding hydrogens is 237 g/mol. The maximum atomic E-state index is 11.8. The molecule has 1 aromatic rings. The minimum absolute atomic E-state index is 0.00394. The van der Waals surface area contributed by atoms with Crippen molar-refractivity contribution in [3.8, 4) is 11.5 Å². The molecular formula is C11H13F3O3. The molecule has 96 valence electrons. The summed E-state index contributed by atoms with van der Waals surface area (Å²) in [6.07, 6.45) is -4.76. The first-order valence-corrected chi connectivity index (χ1v) is 4.91. The van der Waals surface area contributed by atoms with Crippen molar-refractivity contribution >= 4 is 5.97 Å². The molecule has 1 aromatic carbocycles. The van der Waals surface area contributed by atoms with Gasteiger partial charge in [-0.15, -0.1) is 13.2 Å². The van der Waals surface area contributed by atoms with Crippen molar-refractivity contribution in [3.63, 3.8) is 0 Å². The van der Waals surface area contributed by atoms with Gasteiger partial charge in [0.1, 0.15) is 11.5 Å². The molecule has 0 spiro atoms. The van der Waals surface area contributed by atoms with E-state index in [0.717, 1.165) is 19.1 Å². The van der Waals surface area contributed by atoms with E-state index in [1.54, 1.807) is 0 Å². The van der Waals surface area contributed by atoms with Gasteiger partial charge >= 0.3 is 12.3 Å². The van der Waals surface area contributed by atoms with E-state index in [1.807, 2.05) is 13.8 Å². The first-order valence-electron chi connectivity index (χ1n) is 4.91. The third kappa shape index (κ3) is 7.21. The summed E-state index contributed by atoms with van der Waals surface area (Å²) in [6.45, 7) is 5.15. The molecule has 0 atom stereocenters. The molecule has 0 N–H and O–H groups in total. The van der Waals surface area contributed by atoms with Crippen LogP contribution in [0, 0.1) is 0 Å². The number of benzene rings is 1. The molecule has 0 aliphatic rings. The van der Waals surface area contributed by atoms with Gasteiger partial charge in [0.05, 0.1) is 0 Å². The van der Waals surface area contributed by atoms with Crippen LogP contribution in [0.3, 0.4) is 0 Å². The molecule has 0 fully saturated rings. The number of halogens is 3. The molecule has 0 aromatic heterocycles. The summed E-state index contributed by atoms with van der Waals surface area (Å²) in [5, 5.41) is 0. The molecule has 6 heteroatoms. The Hall–Kier alpha value is -1.72. The second kappa shape index (κ2) is 6.78. The van der Waals surface area contributed by atoms with Crippen molar-refractivity contribution in [3.05, 3.63) is 24.3 Å². The van der Waals surface area contributed by atoms with E-state index in [-0.39, 0.29) is 5.75 Å². The molecule has 0 saturated heterocycles. The van der Waals surface area contributed by atoms with Gasteiger partial charge in [0.25, 0.3) is 0 Å². The fourth-order valence-corrected chi connectivity index (χ4v) is 0.901. The number of hydrogen-bond donors (Lipinski definition) is 0. The van der Waals surface area contributed by atoms with Crippen LogP contribution in [0.25, 0.3) is 0 Å². The van der Waals surface area contributed by atoms with E-state index < -0.39 is 18.1 Å². The molecule has 0 amide bonds. The van der Waals surface area contributed by atoms with Crippen LogP contribution >= 0.6 is 0 Å². The lowest BCUT2D eigenvalue weighted by atomic mass is 10.3. The van der Waals surface area contributed by atoms with Gasteiger partial charge in [-0.25, -0.2) is 0 Å². The van der Waals surface area contributed by atoms with Crippen molar-refractivity contribution < 1.29 is 27.4 Å². The largest absolute Gasteiger partial charge is 0.573 e. The summed E-state index contributed by atoms with van der Waals surface area (Å²) in [7, 11) is 0. The Kier molecular flexibility index (Phi) is 6.09. The summed E-state index contributed by atoms with van der Waals surface area (Å²) in [4.78, 5) is 10.5. The summed E-state index contributed by atoms with van der Waals surface area (Å²) >= 11 is 0. The third-order valence-electron chi connectivity index (χ3n) is 1.30. The molecule has 17 heavy (non-hydrogen) atoms. The second-order valence-electron chi connectivity index (χ2n) is 2.62. The van der Waals surface area contributed by atoms with Crippen molar-refractivity contribution in [2.24, 2.45) is 0 Å². The quantitative estimate of drug-likeness (QED) is 0.595. The summed E-state index contributed by atoms with van der Waals surface area (Å²) in [5.74, 6) is -1.04. The Morgan fingerprint density at radius 2 is 1.71 bits per heavy atom. The van der Waals surface area contributed by atoms with Gasteiger partial charge in [-0.1, -0.05) is 19.9 Å². The van der Waals surface area contributed by atoms with E-state index in [4.69, 9.17) is 0 Å². The van der Waals surface area contributed by atoms with E-state index >= 15 is 0 Å². The Morgan fingerprint density at radius 3 is 2.18 bits per heavy atom. The fourth-order valence-electron chi connectivity index (χ4n) is 0.901. The Labute approximate surface area is 97.1 Å². The Balaban J connectivity index is 0.00000121. The number of rotatable bonds is 2. The lowest BCUT2D eigenvalue weighted by Gasteiger charge is -2.09. The lowest BCUT2D eigenvalue weighted by molar-refractivity contribution is -0.274. The monoisotopic (exact) mass is 250 g/mol. The molecule has 0 aliphatic carbocycles. The van der Waals surface area contributed by atoms with E-state index in [0.29, 0.717) is 0 Å². The SMILES string of the molecule is CC.CC(=O)Oc1cccc(OC(F)(F)F)c1. The van der Waals surface area contributed by atoms with Crippen molar-refractivity contribution in [1.29, 1.82) is 0 Å². The molecule has 0 radical (unpaired) electrons. The van der Waals surface area contributed by atoms with Crippen LogP contribution < -0.4 is 9.47 Å². The topological polar surface area (TPSA) is 35.5 Å². The smallest absolute Gasteiger partial charge is 0.427 e. The van der Waals surface area contributed by atoms with Crippen LogP contribution in [0.4, 0.5) is 13.2 Å². The van der Waals surface area contributed by atoms with Gasteiger partial charge in [0.15, 0.2) is 0 Å². The van der Waals surface area contributed by atoms with Gasteiger partial charge in [-0.3, -0.25) is 4.79 Å². The highest BCUT2D eigenvalue weighted by atomic mass is 19.4. The van der Waals surface area contributed by atoms with Crippen molar-refractivity contribution in [2.75, 3.05) is 0 Å². The molecule has 0 heterocycles. The zero-order valence-electron chi connectivity index (χ0n) is 9.67. The maximum Gasteiger partial charge on any atom is 0.573 e. The zero-order valence-corrected chi connectivity index (χ0v) is 9.67. The highest BCUT2D eigenvalue weighted by Gasteiger charge is 2.31. The van der Waals surface area contributed by atoms with Gasteiger partial charge in [0, 0.05) is 13.0 Å². The number of carbonyl (C=O) groups is 1. The predicted octanol–water partition coefficient (Wildman–Crippen LogP) is 3.54. The Morgan fingerprint density at radius 1 is 1.18 bits per heavy atom. The number of carbonyl (C=O) groups excluding carboxylic acids is 1. The highest BCUT2D eigenvalue weighted by Crippen LogP contribution is 2.25.